The van der Waals surface area contributed by atoms with Crippen LogP contribution in [0, 0.1) is 32.5 Å². The fourth-order valence-corrected chi connectivity index (χ4v) is 4.41. The van der Waals surface area contributed by atoms with Crippen LogP contribution in [0.1, 0.15) is 67.5 Å². The minimum Gasteiger partial charge on any atom is -0.466 e. The third kappa shape index (κ3) is 7.29. The second-order valence-electron chi connectivity index (χ2n) is 9.50. The summed E-state index contributed by atoms with van der Waals surface area (Å²) in [5, 5.41) is 2.49. The molecule has 198 valence electrons. The van der Waals surface area contributed by atoms with Gasteiger partial charge in [-0.2, -0.15) is 13.2 Å². The summed E-state index contributed by atoms with van der Waals surface area (Å²) >= 11 is 0. The van der Waals surface area contributed by atoms with Crippen molar-refractivity contribution in [2.45, 2.75) is 72.6 Å². The number of nitrogens with two attached hydrogens (primary N) is 1. The molecule has 5 nitrogen and oxygen atoms in total. The zero-order valence-corrected chi connectivity index (χ0v) is 21.5. The van der Waals surface area contributed by atoms with Gasteiger partial charge in [-0.1, -0.05) is 31.5 Å². The number of halogens is 4. The molecule has 2 aromatic carbocycles. The molecule has 0 fully saturated rings. The predicted octanol–water partition coefficient (Wildman–Crippen LogP) is 5.92. The monoisotopic (exact) mass is 510 g/mol. The molecule has 3 N–H and O–H groups in total. The molecule has 0 aliphatic carbocycles. The number of nitrogens with one attached hydrogen (secondary N) is 1. The van der Waals surface area contributed by atoms with Crippen LogP contribution in [0.3, 0.4) is 0 Å². The molecule has 0 radical (unpaired) electrons. The SMILES string of the molecule is CCOC(=O)C[C@H](NC(=O)[C@@H](N)CC(C)C)c1cc(-c2c(C)cc(C)cc2C)cc(C(F)(F)F)c1F. The average Bonchev–Trinajstić information content (AvgIpc) is 2.72. The molecule has 1 amide bonds. The lowest BCUT2D eigenvalue weighted by Crippen LogP contribution is -2.43. The first kappa shape index (κ1) is 29.3. The highest BCUT2D eigenvalue weighted by Crippen LogP contribution is 2.40. The molecule has 0 bridgehead atoms. The van der Waals surface area contributed by atoms with Crippen LogP contribution >= 0.6 is 0 Å². The Balaban J connectivity index is 2.73. The molecule has 9 heteroatoms. The van der Waals surface area contributed by atoms with Crippen molar-refractivity contribution in [3.8, 4) is 11.1 Å². The molecule has 36 heavy (non-hydrogen) atoms. The smallest absolute Gasteiger partial charge is 0.419 e. The normalized spacial score (nSPS) is 13.4. The molecule has 0 aromatic heterocycles. The van der Waals surface area contributed by atoms with Crippen molar-refractivity contribution in [3.63, 3.8) is 0 Å². The maximum Gasteiger partial charge on any atom is 0.419 e. The van der Waals surface area contributed by atoms with E-state index < -0.39 is 53.5 Å². The van der Waals surface area contributed by atoms with Gasteiger partial charge in [0.1, 0.15) is 5.82 Å². The van der Waals surface area contributed by atoms with Crippen LogP contribution in [0.25, 0.3) is 11.1 Å². The predicted molar refractivity (Wildman–Crippen MR) is 131 cm³/mol. The number of esters is 1. The molecule has 0 saturated carbocycles. The summed E-state index contributed by atoms with van der Waals surface area (Å²) in [6.45, 7) is 10.7. The van der Waals surface area contributed by atoms with Crippen LogP contribution in [-0.2, 0) is 20.5 Å². The maximum absolute atomic E-state index is 15.4. The van der Waals surface area contributed by atoms with E-state index in [0.717, 1.165) is 11.6 Å². The summed E-state index contributed by atoms with van der Waals surface area (Å²) in [7, 11) is 0. The quantitative estimate of drug-likeness (QED) is 0.324. The Hall–Kier alpha value is -2.94. The van der Waals surface area contributed by atoms with E-state index in [1.165, 1.54) is 6.07 Å². The molecular formula is C27H34F4N2O3. The van der Waals surface area contributed by atoms with Gasteiger partial charge in [-0.3, -0.25) is 9.59 Å². The van der Waals surface area contributed by atoms with Crippen LogP contribution in [-0.4, -0.2) is 24.5 Å². The summed E-state index contributed by atoms with van der Waals surface area (Å²) in [4.78, 5) is 25.1. The third-order valence-electron chi connectivity index (χ3n) is 5.80. The fraction of sp³-hybridized carbons (Fsp3) is 0.481. The first-order valence-electron chi connectivity index (χ1n) is 11.9. The van der Waals surface area contributed by atoms with Gasteiger partial charge in [0.25, 0.3) is 0 Å². The standard InChI is InChI=1S/C27H34F4N2O3/c1-7-36-23(34)13-22(33-26(35)21(32)8-14(2)3)19-11-18(12-20(25(19)28)27(29,30)31)24-16(5)9-15(4)10-17(24)6/h9-12,14,21-22H,7-8,13,32H2,1-6H3,(H,33,35)/t21-,22-/m0/s1. The highest BCUT2D eigenvalue weighted by atomic mass is 19.4. The van der Waals surface area contributed by atoms with Crippen LogP contribution in [0.4, 0.5) is 17.6 Å². The highest BCUT2D eigenvalue weighted by molar-refractivity contribution is 5.83. The number of benzene rings is 2. The minimum atomic E-state index is -5.01. The molecule has 0 saturated heterocycles. The largest absolute Gasteiger partial charge is 0.466 e. The van der Waals surface area contributed by atoms with Gasteiger partial charge in [0.2, 0.25) is 5.91 Å². The van der Waals surface area contributed by atoms with Gasteiger partial charge in [0.15, 0.2) is 0 Å². The molecule has 0 aliphatic heterocycles. The fourth-order valence-electron chi connectivity index (χ4n) is 4.41. The van der Waals surface area contributed by atoms with Crippen molar-refractivity contribution in [3.05, 3.63) is 57.9 Å². The lowest BCUT2D eigenvalue weighted by Gasteiger charge is -2.24. The van der Waals surface area contributed by atoms with E-state index in [2.05, 4.69) is 5.32 Å². The van der Waals surface area contributed by atoms with Crippen molar-refractivity contribution in [2.75, 3.05) is 6.61 Å². The Morgan fingerprint density at radius 1 is 1.06 bits per heavy atom. The maximum atomic E-state index is 15.4. The number of alkyl halides is 3. The Labute approximate surface area is 209 Å². The number of ether oxygens (including phenoxy) is 1. The van der Waals surface area contributed by atoms with Crippen LogP contribution in [0.5, 0.6) is 0 Å². The second kappa shape index (κ2) is 11.9. The van der Waals surface area contributed by atoms with E-state index in [0.29, 0.717) is 23.1 Å². The number of hydrogen-bond acceptors (Lipinski definition) is 4. The van der Waals surface area contributed by atoms with Crippen LogP contribution in [0.2, 0.25) is 0 Å². The number of amides is 1. The van der Waals surface area contributed by atoms with E-state index in [1.807, 2.05) is 32.9 Å². The van der Waals surface area contributed by atoms with Crippen LogP contribution in [0.15, 0.2) is 24.3 Å². The molecule has 2 rings (SSSR count). The van der Waals surface area contributed by atoms with E-state index >= 15 is 4.39 Å². The van der Waals surface area contributed by atoms with E-state index in [9.17, 15) is 22.8 Å². The topological polar surface area (TPSA) is 81.4 Å². The summed E-state index contributed by atoms with van der Waals surface area (Å²) in [5.41, 5.74) is 7.00. The molecule has 0 unspecified atom stereocenters. The van der Waals surface area contributed by atoms with Gasteiger partial charge in [-0.15, -0.1) is 0 Å². The Bertz CT molecular complexity index is 1090. The Morgan fingerprint density at radius 2 is 1.64 bits per heavy atom. The summed E-state index contributed by atoms with van der Waals surface area (Å²) in [5.74, 6) is -2.97. The molecule has 0 heterocycles. The van der Waals surface area contributed by atoms with Gasteiger partial charge < -0.3 is 15.8 Å². The number of carbonyl (C=O) groups is 2. The van der Waals surface area contributed by atoms with E-state index in [1.54, 1.807) is 20.8 Å². The summed E-state index contributed by atoms with van der Waals surface area (Å²) < 4.78 is 62.2. The molecular weight excluding hydrogens is 476 g/mol. The number of hydrogen-bond donors (Lipinski definition) is 2. The highest BCUT2D eigenvalue weighted by Gasteiger charge is 2.38. The van der Waals surface area contributed by atoms with Crippen LogP contribution < -0.4 is 11.1 Å². The first-order chi connectivity index (χ1) is 16.6. The van der Waals surface area contributed by atoms with E-state index in [-0.39, 0.29) is 18.1 Å². The molecule has 0 aliphatic rings. The zero-order valence-electron chi connectivity index (χ0n) is 21.5. The number of aryl methyl sites for hydroxylation is 3. The van der Waals surface area contributed by atoms with Gasteiger partial charge in [0, 0.05) is 5.56 Å². The van der Waals surface area contributed by atoms with Crippen molar-refractivity contribution in [1.82, 2.24) is 5.32 Å². The van der Waals surface area contributed by atoms with Crippen molar-refractivity contribution in [1.29, 1.82) is 0 Å². The minimum absolute atomic E-state index is 0.0183. The average molecular weight is 511 g/mol. The second-order valence-corrected chi connectivity index (χ2v) is 9.50. The van der Waals surface area contributed by atoms with Gasteiger partial charge in [0.05, 0.1) is 30.7 Å². The molecule has 2 atom stereocenters. The summed E-state index contributed by atoms with van der Waals surface area (Å²) in [6.07, 6.45) is -5.26. The number of carbonyl (C=O) groups excluding carboxylic acids is 2. The lowest BCUT2D eigenvalue weighted by molar-refractivity contribution is -0.143. The molecule has 2 aromatic rings. The van der Waals surface area contributed by atoms with Gasteiger partial charge >= 0.3 is 12.1 Å². The molecule has 0 spiro atoms. The van der Waals surface area contributed by atoms with Gasteiger partial charge in [-0.05, 0) is 74.4 Å². The summed E-state index contributed by atoms with van der Waals surface area (Å²) in [6, 6.07) is 3.26. The lowest BCUT2D eigenvalue weighted by atomic mass is 9.89. The van der Waals surface area contributed by atoms with Crippen molar-refractivity contribution < 1.29 is 31.9 Å². The number of rotatable bonds is 9. The zero-order chi connectivity index (χ0) is 27.4. The Kier molecular flexibility index (Phi) is 9.65. The Morgan fingerprint density at radius 3 is 2.14 bits per heavy atom. The van der Waals surface area contributed by atoms with E-state index in [4.69, 9.17) is 10.5 Å². The van der Waals surface area contributed by atoms with Crippen molar-refractivity contribution in [2.24, 2.45) is 11.7 Å². The third-order valence-corrected chi connectivity index (χ3v) is 5.80. The van der Waals surface area contributed by atoms with Gasteiger partial charge in [-0.25, -0.2) is 4.39 Å². The first-order valence-corrected chi connectivity index (χ1v) is 11.9. The van der Waals surface area contributed by atoms with Crippen molar-refractivity contribution >= 4 is 11.9 Å².